The maximum atomic E-state index is 14.0. The Morgan fingerprint density at radius 2 is 2.03 bits per heavy atom. The fraction of sp³-hybridized carbons (Fsp3) is 0.346. The average molecular weight is 498 g/mol. The zero-order chi connectivity index (χ0) is 25.6. The largest absolute Gasteiger partial charge is 0.494 e. The highest BCUT2D eigenvalue weighted by molar-refractivity contribution is 5.65. The van der Waals surface area contributed by atoms with E-state index < -0.39 is 17.4 Å². The number of ether oxygens (including phenoxy) is 1. The molecule has 1 aliphatic rings. The molecule has 0 aliphatic heterocycles. The second-order valence-corrected chi connectivity index (χ2v) is 9.10. The topological polar surface area (TPSA) is 66.3 Å². The number of imidazole rings is 1. The van der Waals surface area contributed by atoms with E-state index in [0.29, 0.717) is 11.6 Å². The molecular formula is C26H26F3N5O2. The van der Waals surface area contributed by atoms with E-state index in [0.717, 1.165) is 41.1 Å². The molecule has 0 bridgehead atoms. The third-order valence-electron chi connectivity index (χ3n) is 6.87. The number of aromatic nitrogens is 5. The molecular weight excluding hydrogens is 471 g/mol. The molecule has 4 aromatic rings. The summed E-state index contributed by atoms with van der Waals surface area (Å²) in [4.78, 5) is 13.4. The molecule has 0 radical (unpaired) electrons. The molecule has 1 fully saturated rings. The van der Waals surface area contributed by atoms with Crippen molar-refractivity contribution < 1.29 is 17.9 Å². The minimum absolute atomic E-state index is 0.0224. The molecule has 1 saturated carbocycles. The van der Waals surface area contributed by atoms with Crippen molar-refractivity contribution in [2.24, 2.45) is 13.0 Å². The Balaban J connectivity index is 1.65. The fourth-order valence-corrected chi connectivity index (χ4v) is 4.86. The van der Waals surface area contributed by atoms with Gasteiger partial charge in [0.15, 0.2) is 0 Å². The van der Waals surface area contributed by atoms with E-state index in [2.05, 4.69) is 16.8 Å². The molecule has 1 aromatic carbocycles. The number of benzene rings is 1. The summed E-state index contributed by atoms with van der Waals surface area (Å²) in [5.41, 5.74) is -0.271. The van der Waals surface area contributed by atoms with Crippen LogP contribution in [0.2, 0.25) is 0 Å². The molecule has 0 spiro atoms. The molecule has 1 atom stereocenters. The molecule has 7 nitrogen and oxygen atoms in total. The number of halogens is 3. The molecule has 188 valence electrons. The van der Waals surface area contributed by atoms with Crippen LogP contribution >= 0.6 is 0 Å². The van der Waals surface area contributed by atoms with Crippen LogP contribution in [-0.2, 0) is 18.0 Å². The summed E-state index contributed by atoms with van der Waals surface area (Å²) in [5.74, 6) is 1.26. The van der Waals surface area contributed by atoms with Gasteiger partial charge in [-0.1, -0.05) is 25.1 Å². The second kappa shape index (κ2) is 9.00. The first-order valence-corrected chi connectivity index (χ1v) is 11.8. The number of pyridine rings is 1. The second-order valence-electron chi connectivity index (χ2n) is 9.10. The molecule has 5 rings (SSSR count). The van der Waals surface area contributed by atoms with Crippen molar-refractivity contribution in [1.82, 2.24) is 23.7 Å². The van der Waals surface area contributed by atoms with E-state index in [-0.39, 0.29) is 29.4 Å². The third kappa shape index (κ3) is 4.10. The highest BCUT2D eigenvalue weighted by Crippen LogP contribution is 2.43. The van der Waals surface area contributed by atoms with Crippen LogP contribution in [0.4, 0.5) is 13.2 Å². The summed E-state index contributed by atoms with van der Waals surface area (Å²) >= 11 is 0. The quantitative estimate of drug-likeness (QED) is 0.330. The predicted molar refractivity (Wildman–Crippen MR) is 129 cm³/mol. The van der Waals surface area contributed by atoms with Crippen LogP contribution in [0.15, 0.2) is 60.4 Å². The van der Waals surface area contributed by atoms with Gasteiger partial charge in [0.05, 0.1) is 23.4 Å². The van der Waals surface area contributed by atoms with Crippen LogP contribution < -0.4 is 5.69 Å². The lowest BCUT2D eigenvalue weighted by molar-refractivity contribution is -0.136. The van der Waals surface area contributed by atoms with Gasteiger partial charge in [-0.25, -0.2) is 4.79 Å². The number of fused-ring (bicyclic) bond motifs is 1. The zero-order valence-electron chi connectivity index (χ0n) is 20.0. The van der Waals surface area contributed by atoms with Gasteiger partial charge in [-0.15, -0.1) is 10.2 Å². The van der Waals surface area contributed by atoms with Gasteiger partial charge < -0.3 is 9.30 Å². The Kier molecular flexibility index (Phi) is 5.97. The van der Waals surface area contributed by atoms with Gasteiger partial charge in [-0.2, -0.15) is 13.2 Å². The minimum atomic E-state index is -4.67. The van der Waals surface area contributed by atoms with Gasteiger partial charge in [0.2, 0.25) is 0 Å². The van der Waals surface area contributed by atoms with Crippen molar-refractivity contribution in [3.05, 3.63) is 88.6 Å². The summed E-state index contributed by atoms with van der Waals surface area (Å²) in [6.07, 6.45) is 2.80. The number of aryl methyl sites for hydroxylation is 1. The minimum Gasteiger partial charge on any atom is -0.494 e. The monoisotopic (exact) mass is 497 g/mol. The van der Waals surface area contributed by atoms with Gasteiger partial charge in [-0.3, -0.25) is 8.97 Å². The van der Waals surface area contributed by atoms with Crippen molar-refractivity contribution in [2.45, 2.75) is 38.3 Å². The first-order valence-electron chi connectivity index (χ1n) is 11.8. The number of alkyl halides is 3. The highest BCUT2D eigenvalue weighted by Gasteiger charge is 2.35. The number of rotatable bonds is 7. The molecule has 10 heteroatoms. The van der Waals surface area contributed by atoms with Crippen molar-refractivity contribution >= 4 is 11.3 Å². The van der Waals surface area contributed by atoms with Crippen molar-refractivity contribution in [1.29, 1.82) is 0 Å². The van der Waals surface area contributed by atoms with Crippen LogP contribution in [0.1, 0.15) is 54.6 Å². The first-order chi connectivity index (χ1) is 17.2. The normalized spacial score (nSPS) is 15.1. The highest BCUT2D eigenvalue weighted by atomic mass is 19.4. The molecule has 0 amide bonds. The Morgan fingerprint density at radius 3 is 2.64 bits per heavy atom. The van der Waals surface area contributed by atoms with E-state index in [1.807, 2.05) is 29.8 Å². The van der Waals surface area contributed by atoms with E-state index in [1.54, 1.807) is 19.3 Å². The van der Waals surface area contributed by atoms with Crippen molar-refractivity contribution in [3.8, 4) is 5.69 Å². The molecule has 0 N–H and O–H groups in total. The van der Waals surface area contributed by atoms with Gasteiger partial charge >= 0.3 is 11.9 Å². The zero-order valence-corrected chi connectivity index (χ0v) is 20.0. The Labute approximate surface area is 205 Å². The maximum Gasteiger partial charge on any atom is 0.418 e. The van der Waals surface area contributed by atoms with Gasteiger partial charge in [0.1, 0.15) is 17.9 Å². The lowest BCUT2D eigenvalue weighted by atomic mass is 9.72. The molecule has 36 heavy (non-hydrogen) atoms. The van der Waals surface area contributed by atoms with Crippen LogP contribution in [0.3, 0.4) is 0 Å². The Morgan fingerprint density at radius 1 is 1.25 bits per heavy atom. The van der Waals surface area contributed by atoms with E-state index in [4.69, 9.17) is 4.74 Å². The lowest BCUT2D eigenvalue weighted by Gasteiger charge is -2.33. The van der Waals surface area contributed by atoms with E-state index in [1.165, 1.54) is 17.0 Å². The summed E-state index contributed by atoms with van der Waals surface area (Å²) in [5, 5.41) is 8.36. The van der Waals surface area contributed by atoms with Crippen LogP contribution in [0, 0.1) is 5.92 Å². The number of nitrogens with zero attached hydrogens (tertiary/aromatic N) is 5. The maximum absolute atomic E-state index is 14.0. The molecule has 3 aromatic heterocycles. The van der Waals surface area contributed by atoms with E-state index >= 15 is 0 Å². The predicted octanol–water partition coefficient (Wildman–Crippen LogP) is 5.18. The van der Waals surface area contributed by atoms with Crippen molar-refractivity contribution in [3.63, 3.8) is 0 Å². The van der Waals surface area contributed by atoms with Gasteiger partial charge in [0.25, 0.3) is 0 Å². The Bertz CT molecular complexity index is 1490. The molecule has 1 aliphatic carbocycles. The smallest absolute Gasteiger partial charge is 0.418 e. The summed E-state index contributed by atoms with van der Waals surface area (Å²) in [7, 11) is 1.89. The standard InChI is InChI=1S/C26H26F3N5O2/c1-4-36-16(2)19-12-21(26(27,28)29)22-14-33(25(35)34(22)13-19)20-10-6-9-18(11-20)23(17-7-5-8-17)24-31-30-15-32(24)3/h6,9-15,17,23H,2,4-5,7-8H2,1,3H3/t23-/m1/s1. The van der Waals surface area contributed by atoms with Crippen LogP contribution in [0.25, 0.3) is 17.0 Å². The SMILES string of the molecule is C=C(OCC)c1cc(C(F)(F)F)c2cn(-c3cccc([C@H](c4nncn4C)C4CCC4)c3)c(=O)n2c1. The van der Waals surface area contributed by atoms with Crippen LogP contribution in [0.5, 0.6) is 0 Å². The van der Waals surface area contributed by atoms with Gasteiger partial charge in [0, 0.05) is 30.9 Å². The summed E-state index contributed by atoms with van der Waals surface area (Å²) in [6.45, 7) is 5.66. The number of hydrogen-bond acceptors (Lipinski definition) is 4. The Hall–Kier alpha value is -3.82. The third-order valence-corrected chi connectivity index (χ3v) is 6.87. The fourth-order valence-electron chi connectivity index (χ4n) is 4.86. The first kappa shape index (κ1) is 23.9. The molecule has 3 heterocycles. The van der Waals surface area contributed by atoms with Gasteiger partial charge in [-0.05, 0) is 49.4 Å². The summed E-state index contributed by atoms with van der Waals surface area (Å²) < 4.78 is 51.4. The average Bonchev–Trinajstić information content (AvgIpc) is 3.38. The van der Waals surface area contributed by atoms with Crippen LogP contribution in [-0.4, -0.2) is 30.3 Å². The lowest BCUT2D eigenvalue weighted by Crippen LogP contribution is -2.24. The molecule has 0 saturated heterocycles. The summed E-state index contributed by atoms with van der Waals surface area (Å²) in [6, 6.07) is 8.31. The number of hydrogen-bond donors (Lipinski definition) is 0. The molecule has 0 unspecified atom stereocenters. The van der Waals surface area contributed by atoms with Crippen molar-refractivity contribution in [2.75, 3.05) is 6.61 Å². The van der Waals surface area contributed by atoms with E-state index in [9.17, 15) is 18.0 Å².